The van der Waals surface area contributed by atoms with Crippen LogP contribution < -0.4 is 5.32 Å². The van der Waals surface area contributed by atoms with Gasteiger partial charge in [-0.3, -0.25) is 0 Å². The smallest absolute Gasteiger partial charge is 0.246 e. The van der Waals surface area contributed by atoms with Gasteiger partial charge >= 0.3 is 0 Å². The Morgan fingerprint density at radius 2 is 2.10 bits per heavy atom. The van der Waals surface area contributed by atoms with Crippen molar-refractivity contribution in [3.8, 4) is 11.4 Å². The first-order chi connectivity index (χ1) is 9.70. The molecule has 0 aliphatic carbocycles. The molecule has 0 saturated heterocycles. The summed E-state index contributed by atoms with van der Waals surface area (Å²) in [6.07, 6.45) is 1.03. The maximum atomic E-state index is 5.27. The van der Waals surface area contributed by atoms with Crippen molar-refractivity contribution in [3.05, 3.63) is 36.2 Å². The lowest BCUT2D eigenvalue weighted by Crippen LogP contribution is -2.36. The van der Waals surface area contributed by atoms with Crippen molar-refractivity contribution < 1.29 is 4.52 Å². The van der Waals surface area contributed by atoms with Crippen molar-refractivity contribution in [2.75, 3.05) is 13.6 Å². The second-order valence-electron chi connectivity index (χ2n) is 4.47. The van der Waals surface area contributed by atoms with Gasteiger partial charge < -0.3 is 14.7 Å². The predicted octanol–water partition coefficient (Wildman–Crippen LogP) is 2.45. The molecule has 106 valence electrons. The van der Waals surface area contributed by atoms with Crippen LogP contribution in [0.3, 0.4) is 0 Å². The SMILES string of the molecule is CCCNC(=S)N(C)Cc1nc(-c2ccccc2)no1. The number of thiocarbonyl (C=S) groups is 1. The lowest BCUT2D eigenvalue weighted by atomic mass is 10.2. The summed E-state index contributed by atoms with van der Waals surface area (Å²) >= 11 is 5.27. The normalized spacial score (nSPS) is 10.3. The Hall–Kier alpha value is -1.95. The molecular weight excluding hydrogens is 272 g/mol. The fourth-order valence-electron chi connectivity index (χ4n) is 1.67. The van der Waals surface area contributed by atoms with Gasteiger partial charge in [-0.2, -0.15) is 4.98 Å². The minimum absolute atomic E-state index is 0.495. The molecular formula is C14H18N4OS. The minimum Gasteiger partial charge on any atom is -0.363 e. The number of aromatic nitrogens is 2. The van der Waals surface area contributed by atoms with E-state index in [9.17, 15) is 0 Å². The summed E-state index contributed by atoms with van der Waals surface area (Å²) in [5.74, 6) is 1.15. The van der Waals surface area contributed by atoms with Gasteiger partial charge in [0.15, 0.2) is 5.11 Å². The van der Waals surface area contributed by atoms with Crippen LogP contribution in [0.1, 0.15) is 19.2 Å². The Labute approximate surface area is 124 Å². The summed E-state index contributed by atoms with van der Waals surface area (Å²) < 4.78 is 5.25. The summed E-state index contributed by atoms with van der Waals surface area (Å²) in [5, 5.41) is 7.83. The van der Waals surface area contributed by atoms with Gasteiger partial charge in [-0.25, -0.2) is 0 Å². The molecule has 5 nitrogen and oxygen atoms in total. The van der Waals surface area contributed by atoms with Crippen LogP contribution in [-0.2, 0) is 6.54 Å². The van der Waals surface area contributed by atoms with Crippen LogP contribution in [-0.4, -0.2) is 33.7 Å². The molecule has 0 saturated carbocycles. The molecule has 1 aromatic heterocycles. The number of nitrogens with one attached hydrogen (secondary N) is 1. The molecule has 0 unspecified atom stereocenters. The monoisotopic (exact) mass is 290 g/mol. The Morgan fingerprint density at radius 3 is 2.80 bits per heavy atom. The molecule has 0 bridgehead atoms. The first kappa shape index (κ1) is 14.5. The third-order valence-corrected chi connectivity index (χ3v) is 3.20. The molecule has 6 heteroatoms. The molecule has 0 spiro atoms. The van der Waals surface area contributed by atoms with E-state index in [0.29, 0.717) is 23.4 Å². The van der Waals surface area contributed by atoms with Gasteiger partial charge in [0.25, 0.3) is 0 Å². The second kappa shape index (κ2) is 7.00. The Bertz CT molecular complexity index is 555. The molecule has 0 aliphatic rings. The van der Waals surface area contributed by atoms with Crippen LogP contribution in [0.15, 0.2) is 34.9 Å². The van der Waals surface area contributed by atoms with Crippen molar-refractivity contribution in [2.24, 2.45) is 0 Å². The standard InChI is InChI=1S/C14H18N4OS/c1-3-9-15-14(20)18(2)10-12-16-13(17-19-12)11-7-5-4-6-8-11/h4-8H,3,9-10H2,1-2H3,(H,15,20). The maximum absolute atomic E-state index is 5.27. The highest BCUT2D eigenvalue weighted by atomic mass is 32.1. The Morgan fingerprint density at radius 1 is 1.35 bits per heavy atom. The largest absolute Gasteiger partial charge is 0.363 e. The summed E-state index contributed by atoms with van der Waals surface area (Å²) in [5.41, 5.74) is 0.942. The predicted molar refractivity (Wildman–Crippen MR) is 82.1 cm³/mol. The number of rotatable bonds is 5. The van der Waals surface area contributed by atoms with Gasteiger partial charge in [0.1, 0.15) is 0 Å². The van der Waals surface area contributed by atoms with Gasteiger partial charge in [-0.15, -0.1) is 0 Å². The lowest BCUT2D eigenvalue weighted by molar-refractivity contribution is 0.333. The number of hydrogen-bond donors (Lipinski definition) is 1. The molecule has 1 heterocycles. The van der Waals surface area contributed by atoms with E-state index in [2.05, 4.69) is 22.4 Å². The van der Waals surface area contributed by atoms with Crippen LogP contribution in [0.4, 0.5) is 0 Å². The van der Waals surface area contributed by atoms with Crippen molar-refractivity contribution in [1.82, 2.24) is 20.4 Å². The number of nitrogens with zero attached hydrogens (tertiary/aromatic N) is 3. The molecule has 0 fully saturated rings. The van der Waals surface area contributed by atoms with Gasteiger partial charge in [-0.05, 0) is 18.6 Å². The van der Waals surface area contributed by atoms with Gasteiger partial charge in [-0.1, -0.05) is 42.4 Å². The molecule has 1 aromatic carbocycles. The molecule has 20 heavy (non-hydrogen) atoms. The fraction of sp³-hybridized carbons (Fsp3) is 0.357. The second-order valence-corrected chi connectivity index (χ2v) is 4.85. The molecule has 2 aromatic rings. The zero-order chi connectivity index (χ0) is 14.4. The summed E-state index contributed by atoms with van der Waals surface area (Å²) in [6.45, 7) is 3.46. The van der Waals surface area contributed by atoms with E-state index < -0.39 is 0 Å². The highest BCUT2D eigenvalue weighted by Gasteiger charge is 2.12. The zero-order valence-corrected chi connectivity index (χ0v) is 12.5. The highest BCUT2D eigenvalue weighted by molar-refractivity contribution is 7.80. The first-order valence-electron chi connectivity index (χ1n) is 6.57. The van der Waals surface area contributed by atoms with E-state index in [0.717, 1.165) is 18.5 Å². The number of benzene rings is 1. The van der Waals surface area contributed by atoms with E-state index in [4.69, 9.17) is 16.7 Å². The molecule has 0 amide bonds. The van der Waals surface area contributed by atoms with Crippen LogP contribution in [0.2, 0.25) is 0 Å². The van der Waals surface area contributed by atoms with Gasteiger partial charge in [0.05, 0.1) is 6.54 Å². The van der Waals surface area contributed by atoms with E-state index in [1.807, 2.05) is 42.3 Å². The summed E-state index contributed by atoms with van der Waals surface area (Å²) in [7, 11) is 1.90. The molecule has 0 radical (unpaired) electrons. The van der Waals surface area contributed by atoms with Crippen molar-refractivity contribution in [2.45, 2.75) is 19.9 Å². The molecule has 1 N–H and O–H groups in total. The van der Waals surface area contributed by atoms with Gasteiger partial charge in [0.2, 0.25) is 11.7 Å². The third-order valence-electron chi connectivity index (χ3n) is 2.75. The zero-order valence-electron chi connectivity index (χ0n) is 11.7. The highest BCUT2D eigenvalue weighted by Crippen LogP contribution is 2.15. The van der Waals surface area contributed by atoms with Crippen molar-refractivity contribution in [1.29, 1.82) is 0 Å². The summed E-state index contributed by atoms with van der Waals surface area (Å²) in [6, 6.07) is 9.75. The van der Waals surface area contributed by atoms with Crippen molar-refractivity contribution >= 4 is 17.3 Å². The third kappa shape index (κ3) is 3.77. The quantitative estimate of drug-likeness (QED) is 0.854. The summed E-state index contributed by atoms with van der Waals surface area (Å²) in [4.78, 5) is 6.26. The molecule has 2 rings (SSSR count). The van der Waals surface area contributed by atoms with Crippen LogP contribution in [0.25, 0.3) is 11.4 Å². The first-order valence-corrected chi connectivity index (χ1v) is 6.98. The van der Waals surface area contributed by atoms with Crippen LogP contribution in [0, 0.1) is 0 Å². The topological polar surface area (TPSA) is 54.2 Å². The van der Waals surface area contributed by atoms with Crippen LogP contribution in [0.5, 0.6) is 0 Å². The van der Waals surface area contributed by atoms with Crippen LogP contribution >= 0.6 is 12.2 Å². The molecule has 0 aliphatic heterocycles. The van der Waals surface area contributed by atoms with Gasteiger partial charge in [0, 0.05) is 19.2 Å². The molecule has 0 atom stereocenters. The average Bonchev–Trinajstić information content (AvgIpc) is 2.94. The van der Waals surface area contributed by atoms with E-state index in [1.54, 1.807) is 0 Å². The lowest BCUT2D eigenvalue weighted by Gasteiger charge is -2.18. The average molecular weight is 290 g/mol. The van der Waals surface area contributed by atoms with E-state index in [-0.39, 0.29) is 0 Å². The fourth-order valence-corrected chi connectivity index (χ4v) is 1.83. The van der Waals surface area contributed by atoms with E-state index >= 15 is 0 Å². The minimum atomic E-state index is 0.495. The van der Waals surface area contributed by atoms with Crippen molar-refractivity contribution in [3.63, 3.8) is 0 Å². The maximum Gasteiger partial charge on any atom is 0.246 e. The van der Waals surface area contributed by atoms with E-state index in [1.165, 1.54) is 0 Å². The Kier molecular flexibility index (Phi) is 5.06. The number of hydrogen-bond acceptors (Lipinski definition) is 4. The Balaban J connectivity index is 1.98.